The van der Waals surface area contributed by atoms with Crippen molar-refractivity contribution in [2.45, 2.75) is 25.3 Å². The number of likely N-dealkylation sites (tertiary alicyclic amines) is 1. The molecule has 0 radical (unpaired) electrons. The van der Waals surface area contributed by atoms with Crippen LogP contribution in [0.3, 0.4) is 0 Å². The average Bonchev–Trinajstić information content (AvgIpc) is 3.22. The monoisotopic (exact) mass is 416 g/mol. The molecule has 0 bridgehead atoms. The SMILES string of the molecule is [2H]c1nc(N([2H])C2([2H])C([2H])([2H])C([2H])([2H])N(C([2H])([2H])c3cc([2H])c(F)c(C#N)c3)C([2H])([2H])C2([2H])[2H])c2nc(Cl)sc2n1. The molecular weight excluding hydrogens is 387 g/mol. The summed E-state index contributed by atoms with van der Waals surface area (Å²) in [7, 11) is 0. The van der Waals surface area contributed by atoms with Gasteiger partial charge in [-0.25, -0.2) is 19.3 Å². The largest absolute Gasteiger partial charge is 0.365 e. The Morgan fingerprint density at radius 2 is 2.41 bits per heavy atom. The van der Waals surface area contributed by atoms with Gasteiger partial charge in [0.05, 0.1) is 8.30 Å². The second-order valence-corrected chi connectivity index (χ2v) is 6.44. The fourth-order valence-electron chi connectivity index (χ4n) is 2.01. The minimum atomic E-state index is -4.01. The van der Waals surface area contributed by atoms with Gasteiger partial charge in [0.2, 0.25) is 0 Å². The topological polar surface area (TPSA) is 77.7 Å². The molecule has 138 valence electrons. The fraction of sp³-hybridized carbons (Fsp3) is 0.333. The Labute approximate surface area is 184 Å². The number of nitrogens with zero attached hydrogens (tertiary/aromatic N) is 5. The summed E-state index contributed by atoms with van der Waals surface area (Å²) in [5, 5.41) is 8.91. The summed E-state index contributed by atoms with van der Waals surface area (Å²) in [6, 6.07) is -2.52. The molecule has 1 N–H and O–H groups in total. The summed E-state index contributed by atoms with van der Waals surface area (Å²) in [6.07, 6.45) is -8.80. The summed E-state index contributed by atoms with van der Waals surface area (Å²) in [6.45, 7) is -11.5. The number of benzene rings is 1. The van der Waals surface area contributed by atoms with Crippen molar-refractivity contribution in [3.05, 3.63) is 45.9 Å². The first kappa shape index (κ1) is 7.95. The highest BCUT2D eigenvalue weighted by molar-refractivity contribution is 7.21. The quantitative estimate of drug-likeness (QED) is 0.696. The Hall–Kier alpha value is -2.34. The maximum atomic E-state index is 14.2. The molecular formula is C18H16ClFN6S. The van der Waals surface area contributed by atoms with E-state index in [1.54, 1.807) is 0 Å². The number of halogens is 2. The molecule has 3 heterocycles. The first-order valence-corrected chi connectivity index (χ1v) is 8.32. The summed E-state index contributed by atoms with van der Waals surface area (Å²) in [5.41, 5.74) is -2.14. The lowest BCUT2D eigenvalue weighted by molar-refractivity contribution is 0.211. The van der Waals surface area contributed by atoms with Gasteiger partial charge in [-0.15, -0.1) is 0 Å². The van der Waals surface area contributed by atoms with E-state index < -0.39 is 78.3 Å². The number of rotatable bonds is 4. The van der Waals surface area contributed by atoms with Crippen LogP contribution >= 0.6 is 22.9 Å². The zero-order valence-electron chi connectivity index (χ0n) is 27.0. The van der Waals surface area contributed by atoms with Crippen LogP contribution in [0, 0.1) is 17.1 Å². The van der Waals surface area contributed by atoms with Gasteiger partial charge < -0.3 is 5.31 Å². The Morgan fingerprint density at radius 1 is 1.59 bits per heavy atom. The third-order valence-corrected chi connectivity index (χ3v) is 4.20. The van der Waals surface area contributed by atoms with Crippen LogP contribution in [0.15, 0.2) is 24.5 Å². The predicted molar refractivity (Wildman–Crippen MR) is 103 cm³/mol. The molecule has 27 heavy (non-hydrogen) atoms. The molecule has 1 aliphatic heterocycles. The molecule has 1 aliphatic rings. The number of fused-ring (bicyclic) bond motifs is 1. The van der Waals surface area contributed by atoms with Crippen LogP contribution in [0.2, 0.25) is 5.88 Å². The molecule has 3 aromatic rings. The van der Waals surface area contributed by atoms with Crippen molar-refractivity contribution < 1.29 is 23.6 Å². The highest BCUT2D eigenvalue weighted by Crippen LogP contribution is 2.28. The van der Waals surface area contributed by atoms with Gasteiger partial charge in [-0.1, -0.05) is 29.0 Å². The van der Waals surface area contributed by atoms with Crippen LogP contribution in [0.4, 0.5) is 10.2 Å². The summed E-state index contributed by atoms with van der Waals surface area (Å²) in [4.78, 5) is 10.6. The Bertz CT molecular complexity index is 1580. The molecule has 4 rings (SSSR count). The van der Waals surface area contributed by atoms with Crippen molar-refractivity contribution in [3.8, 4) is 6.07 Å². The van der Waals surface area contributed by atoms with Gasteiger partial charge in [-0.2, -0.15) is 5.26 Å². The van der Waals surface area contributed by atoms with E-state index in [9.17, 15) is 9.65 Å². The number of piperidine rings is 1. The molecule has 0 amide bonds. The van der Waals surface area contributed by atoms with Crippen molar-refractivity contribution >= 4 is 39.1 Å². The standard InChI is InChI=1S/C18H16ClFN6S/c19-18-25-15-16(22-10-23-17(15)27-18)24-13-3-5-26(6-4-13)9-11-1-2-14(20)12(7-11)8-21/h1-2,7,10,13H,3-6,9H2,(H,22,23,24)/i2D,3D2,4D2,5D2,6D2,9D2,10D,13D/hD. The lowest BCUT2D eigenvalue weighted by Gasteiger charge is -2.32. The number of thiazole rings is 1. The fourth-order valence-corrected chi connectivity index (χ4v) is 2.93. The van der Waals surface area contributed by atoms with Crippen LogP contribution in [-0.2, 0) is 6.50 Å². The normalized spacial score (nSPS) is 32.5. The molecule has 1 aromatic carbocycles. The lowest BCUT2D eigenvalue weighted by atomic mass is 10.0. The van der Waals surface area contributed by atoms with Crippen molar-refractivity contribution in [1.29, 1.82) is 5.26 Å². The molecule has 9 heteroatoms. The molecule has 2 aromatic heterocycles. The lowest BCUT2D eigenvalue weighted by Crippen LogP contribution is -2.38. The third kappa shape index (κ3) is 4.00. The molecule has 1 fully saturated rings. The average molecular weight is 417 g/mol. The third-order valence-electron chi connectivity index (χ3n) is 3.14. The number of nitriles is 1. The van der Waals surface area contributed by atoms with Gasteiger partial charge >= 0.3 is 0 Å². The highest BCUT2D eigenvalue weighted by Gasteiger charge is 2.21. The Balaban J connectivity index is 2.00. The second-order valence-electron chi connectivity index (χ2n) is 4.88. The minimum absolute atomic E-state index is 0.123. The number of nitrogens with one attached hydrogen (secondary N) is 1. The zero-order valence-corrected chi connectivity index (χ0v) is 14.6. The van der Waals surface area contributed by atoms with Crippen LogP contribution in [0.5, 0.6) is 0 Å². The summed E-state index contributed by atoms with van der Waals surface area (Å²) < 4.78 is 133. The first-order valence-electron chi connectivity index (χ1n) is 14.1. The van der Waals surface area contributed by atoms with Gasteiger partial charge in [0.15, 0.2) is 11.7 Å². The molecule has 6 nitrogen and oxygen atoms in total. The molecule has 0 spiro atoms. The first-order chi connectivity index (χ1) is 18.5. The molecule has 0 unspecified atom stereocenters. The Morgan fingerprint density at radius 3 is 3.19 bits per heavy atom. The van der Waals surface area contributed by atoms with E-state index in [0.717, 1.165) is 0 Å². The van der Waals surface area contributed by atoms with E-state index in [1.165, 1.54) is 6.07 Å². The number of aromatic nitrogens is 3. The maximum absolute atomic E-state index is 14.2. The highest BCUT2D eigenvalue weighted by atomic mass is 35.5. The second kappa shape index (κ2) is 7.72. The molecule has 0 aliphatic carbocycles. The Kier molecular flexibility index (Phi) is 2.28. The van der Waals surface area contributed by atoms with E-state index in [0.29, 0.717) is 23.5 Å². The van der Waals surface area contributed by atoms with E-state index in [-0.39, 0.29) is 20.1 Å². The molecule has 0 atom stereocenters. The number of hydrogen-bond acceptors (Lipinski definition) is 7. The summed E-state index contributed by atoms with van der Waals surface area (Å²) in [5.74, 6) is -2.23. The van der Waals surface area contributed by atoms with Gasteiger partial charge in [-0.05, 0) is 30.4 Å². The smallest absolute Gasteiger partial charge is 0.186 e. The van der Waals surface area contributed by atoms with Crippen molar-refractivity contribution in [1.82, 2.24) is 19.9 Å². The molecule has 0 saturated carbocycles. The number of hydrogen-bond donors (Lipinski definition) is 1. The van der Waals surface area contributed by atoms with Gasteiger partial charge in [0.25, 0.3) is 0 Å². The van der Waals surface area contributed by atoms with Gasteiger partial charge in [0.1, 0.15) is 29.9 Å². The predicted octanol–water partition coefficient (Wildman–Crippen LogP) is 3.83. The number of anilines is 1. The van der Waals surface area contributed by atoms with E-state index in [4.69, 9.17) is 30.8 Å². The van der Waals surface area contributed by atoms with Crippen LogP contribution in [-0.4, -0.2) is 38.9 Å². The van der Waals surface area contributed by atoms with Crippen LogP contribution < -0.4 is 5.31 Å². The van der Waals surface area contributed by atoms with Gasteiger partial charge in [0, 0.05) is 39.2 Å². The van der Waals surface area contributed by atoms with E-state index >= 15 is 0 Å². The van der Waals surface area contributed by atoms with E-state index in [1.807, 2.05) is 0 Å². The minimum Gasteiger partial charge on any atom is -0.365 e. The van der Waals surface area contributed by atoms with Crippen molar-refractivity contribution in [2.24, 2.45) is 0 Å². The van der Waals surface area contributed by atoms with Crippen molar-refractivity contribution in [2.75, 3.05) is 18.3 Å². The van der Waals surface area contributed by atoms with Gasteiger partial charge in [-0.3, -0.25) is 4.90 Å². The maximum Gasteiger partial charge on any atom is 0.186 e. The molecule has 1 saturated heterocycles. The van der Waals surface area contributed by atoms with Crippen molar-refractivity contribution in [3.63, 3.8) is 0 Å². The van der Waals surface area contributed by atoms with Crippen LogP contribution in [0.25, 0.3) is 10.3 Å². The summed E-state index contributed by atoms with van der Waals surface area (Å²) >= 11 is 6.59. The van der Waals surface area contributed by atoms with E-state index in [2.05, 4.69) is 15.0 Å². The van der Waals surface area contributed by atoms with Crippen LogP contribution in [0.1, 0.15) is 41.7 Å². The zero-order chi connectivity index (χ0) is 31.3.